The van der Waals surface area contributed by atoms with Crippen molar-refractivity contribution in [2.75, 3.05) is 5.73 Å². The van der Waals surface area contributed by atoms with Crippen LogP contribution in [0.15, 0.2) is 6.07 Å². The van der Waals surface area contributed by atoms with Crippen molar-refractivity contribution in [1.82, 2.24) is 10.2 Å². The van der Waals surface area contributed by atoms with Crippen LogP contribution in [0, 0.1) is 11.2 Å². The molecule has 0 radical (unpaired) electrons. The zero-order valence-corrected chi connectivity index (χ0v) is 9.44. The summed E-state index contributed by atoms with van der Waals surface area (Å²) < 4.78 is 0. The summed E-state index contributed by atoms with van der Waals surface area (Å²) in [4.78, 5) is 0. The van der Waals surface area contributed by atoms with Gasteiger partial charge in [0.05, 0.1) is 5.56 Å². The van der Waals surface area contributed by atoms with Gasteiger partial charge in [-0.1, -0.05) is 17.5 Å². The number of aromatic nitrogens is 2. The van der Waals surface area contributed by atoms with Gasteiger partial charge in [0.25, 0.3) is 0 Å². The monoisotopic (exact) mass is 311 g/mol. The van der Waals surface area contributed by atoms with Gasteiger partial charge in [-0.2, -0.15) is 0 Å². The molecule has 0 aliphatic carbocycles. The molecule has 1 rings (SSSR count). The Balaban J connectivity index is 3.05. The molecular formula is C6H3ClIN3S. The van der Waals surface area contributed by atoms with Crippen LogP contribution in [-0.4, -0.2) is 10.2 Å². The van der Waals surface area contributed by atoms with Crippen LogP contribution < -0.4 is 5.73 Å². The first-order valence-electron chi connectivity index (χ1n) is 2.81. The molecule has 0 aromatic carbocycles. The third-order valence-corrected chi connectivity index (χ3v) is 2.04. The highest BCUT2D eigenvalue weighted by molar-refractivity contribution is 14.2. The lowest BCUT2D eigenvalue weighted by Gasteiger charge is -1.94. The number of hydrogen-bond acceptors (Lipinski definition) is 4. The first-order chi connectivity index (χ1) is 5.74. The quantitative estimate of drug-likeness (QED) is 0.589. The topological polar surface area (TPSA) is 51.8 Å². The summed E-state index contributed by atoms with van der Waals surface area (Å²) in [5.74, 6) is 3.10. The molecule has 0 spiro atoms. The van der Waals surface area contributed by atoms with Gasteiger partial charge in [0, 0.05) is 21.2 Å². The van der Waals surface area contributed by atoms with Crippen LogP contribution in [0.2, 0.25) is 5.15 Å². The molecule has 0 saturated carbocycles. The summed E-state index contributed by atoms with van der Waals surface area (Å²) in [5, 5.41) is 10.3. The Morgan fingerprint density at radius 2 is 2.33 bits per heavy atom. The summed E-state index contributed by atoms with van der Waals surface area (Å²) in [7, 11) is 1.37. The maximum absolute atomic E-state index is 5.59. The Labute approximate surface area is 91.0 Å². The molecule has 2 N–H and O–H groups in total. The van der Waals surface area contributed by atoms with Crippen molar-refractivity contribution in [3.05, 3.63) is 16.8 Å². The van der Waals surface area contributed by atoms with E-state index in [9.17, 15) is 0 Å². The molecule has 1 aromatic rings. The van der Waals surface area contributed by atoms with E-state index < -0.39 is 0 Å². The third-order valence-electron chi connectivity index (χ3n) is 1.02. The normalized spacial score (nSPS) is 8.83. The second-order valence-corrected chi connectivity index (χ2v) is 3.84. The number of anilines is 1. The van der Waals surface area contributed by atoms with Crippen LogP contribution in [0.3, 0.4) is 0 Å². The van der Waals surface area contributed by atoms with Crippen molar-refractivity contribution >= 4 is 47.6 Å². The standard InChI is InChI=1S/C6H3ClIN3S/c7-5-3-4(1-2-12-8)6(9)11-10-5/h3H,(H2,9,11). The minimum atomic E-state index is 0.298. The molecule has 0 bridgehead atoms. The van der Waals surface area contributed by atoms with E-state index in [4.69, 9.17) is 17.3 Å². The fourth-order valence-corrected chi connectivity index (χ4v) is 1.18. The zero-order chi connectivity index (χ0) is 8.97. The van der Waals surface area contributed by atoms with Crippen molar-refractivity contribution in [3.8, 4) is 11.2 Å². The van der Waals surface area contributed by atoms with Crippen molar-refractivity contribution in [3.63, 3.8) is 0 Å². The molecule has 0 atom stereocenters. The average molecular weight is 312 g/mol. The second-order valence-electron chi connectivity index (χ2n) is 1.77. The van der Waals surface area contributed by atoms with Gasteiger partial charge in [-0.3, -0.25) is 0 Å². The molecule has 0 amide bonds. The molecular weight excluding hydrogens is 309 g/mol. The van der Waals surface area contributed by atoms with E-state index in [-0.39, 0.29) is 0 Å². The maximum Gasteiger partial charge on any atom is 0.162 e. The number of nitrogens with two attached hydrogens (primary N) is 1. The number of hydrogen-bond donors (Lipinski definition) is 1. The molecule has 0 saturated heterocycles. The predicted octanol–water partition coefficient (Wildman–Crippen LogP) is 2.10. The Bertz CT molecular complexity index is 346. The van der Waals surface area contributed by atoms with E-state index in [0.717, 1.165) is 0 Å². The van der Waals surface area contributed by atoms with Crippen LogP contribution in [0.25, 0.3) is 0 Å². The van der Waals surface area contributed by atoms with E-state index in [1.54, 1.807) is 6.07 Å². The fraction of sp³-hybridized carbons (Fsp3) is 0. The van der Waals surface area contributed by atoms with Gasteiger partial charge < -0.3 is 5.73 Å². The fourth-order valence-electron chi connectivity index (χ4n) is 0.552. The highest BCUT2D eigenvalue weighted by atomic mass is 127. The SMILES string of the molecule is Nc1nnc(Cl)cc1C#CSI. The summed E-state index contributed by atoms with van der Waals surface area (Å²) in [6, 6.07) is 1.59. The van der Waals surface area contributed by atoms with Gasteiger partial charge in [0.15, 0.2) is 11.0 Å². The van der Waals surface area contributed by atoms with Crippen LogP contribution in [0.5, 0.6) is 0 Å². The van der Waals surface area contributed by atoms with Crippen molar-refractivity contribution in [2.24, 2.45) is 0 Å². The lowest BCUT2D eigenvalue weighted by Crippen LogP contribution is -1.96. The van der Waals surface area contributed by atoms with Crippen LogP contribution in [0.4, 0.5) is 5.82 Å². The molecule has 62 valence electrons. The Morgan fingerprint density at radius 3 is 3.00 bits per heavy atom. The van der Waals surface area contributed by atoms with E-state index in [1.807, 2.05) is 0 Å². The minimum Gasteiger partial charge on any atom is -0.381 e. The number of halogens is 2. The lowest BCUT2D eigenvalue weighted by molar-refractivity contribution is 1.04. The van der Waals surface area contributed by atoms with Crippen molar-refractivity contribution in [2.45, 2.75) is 0 Å². The smallest absolute Gasteiger partial charge is 0.162 e. The molecule has 0 fully saturated rings. The van der Waals surface area contributed by atoms with E-state index in [0.29, 0.717) is 16.5 Å². The summed E-state index contributed by atoms with van der Waals surface area (Å²) >= 11 is 7.66. The Hall–Kier alpha value is -0.190. The summed E-state index contributed by atoms with van der Waals surface area (Å²) in [6.45, 7) is 0. The third kappa shape index (κ3) is 2.69. The van der Waals surface area contributed by atoms with E-state index in [1.165, 1.54) is 8.93 Å². The van der Waals surface area contributed by atoms with Crippen LogP contribution in [0.1, 0.15) is 5.56 Å². The van der Waals surface area contributed by atoms with Gasteiger partial charge in [-0.25, -0.2) is 0 Å². The molecule has 3 nitrogen and oxygen atoms in total. The summed E-state index contributed by atoms with van der Waals surface area (Å²) in [5.41, 5.74) is 6.09. The van der Waals surface area contributed by atoms with Crippen molar-refractivity contribution in [1.29, 1.82) is 0 Å². The maximum atomic E-state index is 5.59. The number of nitrogen functional groups attached to an aromatic ring is 1. The minimum absolute atomic E-state index is 0.298. The largest absolute Gasteiger partial charge is 0.381 e. The van der Waals surface area contributed by atoms with Gasteiger partial charge in [-0.05, 0) is 20.3 Å². The van der Waals surface area contributed by atoms with Gasteiger partial charge in [0.2, 0.25) is 0 Å². The van der Waals surface area contributed by atoms with Gasteiger partial charge in [-0.15, -0.1) is 10.2 Å². The molecule has 0 unspecified atom stereocenters. The van der Waals surface area contributed by atoms with Crippen LogP contribution >= 0.6 is 41.7 Å². The Morgan fingerprint density at radius 1 is 1.58 bits per heavy atom. The van der Waals surface area contributed by atoms with E-state index >= 15 is 0 Å². The van der Waals surface area contributed by atoms with Gasteiger partial charge >= 0.3 is 0 Å². The molecule has 1 heterocycles. The highest BCUT2D eigenvalue weighted by Crippen LogP contribution is 2.12. The molecule has 12 heavy (non-hydrogen) atoms. The second kappa shape index (κ2) is 4.74. The first-order valence-corrected chi connectivity index (χ1v) is 6.55. The Kier molecular flexibility index (Phi) is 3.91. The number of nitrogens with zero attached hydrogens (tertiary/aromatic N) is 2. The van der Waals surface area contributed by atoms with Crippen molar-refractivity contribution < 1.29 is 0 Å². The average Bonchev–Trinajstić information content (AvgIpc) is 2.07. The molecule has 1 aromatic heterocycles. The van der Waals surface area contributed by atoms with E-state index in [2.05, 4.69) is 42.6 Å². The first kappa shape index (κ1) is 9.89. The zero-order valence-electron chi connectivity index (χ0n) is 5.71. The predicted molar refractivity (Wildman–Crippen MR) is 59.9 cm³/mol. The summed E-state index contributed by atoms with van der Waals surface area (Å²) in [6.07, 6.45) is 0. The number of rotatable bonds is 0. The van der Waals surface area contributed by atoms with Crippen LogP contribution in [-0.2, 0) is 0 Å². The molecule has 6 heteroatoms. The lowest BCUT2D eigenvalue weighted by atomic mass is 10.3. The molecule has 0 aliphatic rings. The molecule has 0 aliphatic heterocycles. The van der Waals surface area contributed by atoms with Gasteiger partial charge in [0.1, 0.15) is 0 Å². The highest BCUT2D eigenvalue weighted by Gasteiger charge is 1.98.